The molecule has 0 saturated heterocycles. The van der Waals surface area contributed by atoms with Crippen molar-refractivity contribution in [3.8, 4) is 16.9 Å². The zero-order chi connectivity index (χ0) is 17.1. The number of hydrogen-bond donors (Lipinski definition) is 1. The van der Waals surface area contributed by atoms with Crippen molar-refractivity contribution in [1.82, 2.24) is 0 Å². The van der Waals surface area contributed by atoms with Gasteiger partial charge in [-0.25, -0.2) is 13.2 Å². The topological polar surface area (TPSA) is 29.5 Å². The van der Waals surface area contributed by atoms with Gasteiger partial charge in [-0.3, -0.25) is 0 Å². The van der Waals surface area contributed by atoms with Crippen LogP contribution in [0.15, 0.2) is 24.3 Å². The zero-order valence-corrected chi connectivity index (χ0v) is 12.7. The molecular weight excluding hydrogens is 312 g/mol. The third-order valence-electron chi connectivity index (χ3n) is 3.49. The molecule has 2 aromatic carbocycles. The molecule has 0 saturated carbocycles. The molecule has 0 heterocycles. The maximum atomic E-state index is 14.2. The molecule has 2 rings (SSSR count). The first-order chi connectivity index (χ1) is 10.9. The fourth-order valence-electron chi connectivity index (χ4n) is 2.26. The van der Waals surface area contributed by atoms with E-state index in [-0.39, 0.29) is 24.3 Å². The van der Waals surface area contributed by atoms with Gasteiger partial charge in [0.15, 0.2) is 23.2 Å². The van der Waals surface area contributed by atoms with Gasteiger partial charge in [0.05, 0.1) is 12.7 Å². The summed E-state index contributed by atoms with van der Waals surface area (Å²) in [5.74, 6) is -5.49. The minimum Gasteiger partial charge on any atom is -0.491 e. The largest absolute Gasteiger partial charge is 0.491 e. The first-order valence-electron chi connectivity index (χ1n) is 7.19. The Morgan fingerprint density at radius 1 is 0.870 bits per heavy atom. The second-order valence-electron chi connectivity index (χ2n) is 4.93. The quantitative estimate of drug-likeness (QED) is 0.803. The van der Waals surface area contributed by atoms with Crippen LogP contribution in [0.25, 0.3) is 11.1 Å². The average Bonchev–Trinajstić information content (AvgIpc) is 2.54. The van der Waals surface area contributed by atoms with Crippen LogP contribution in [-0.2, 0) is 0 Å². The Hall–Kier alpha value is -2.08. The Bertz CT molecular complexity index is 716. The van der Waals surface area contributed by atoms with Crippen molar-refractivity contribution < 1.29 is 27.4 Å². The summed E-state index contributed by atoms with van der Waals surface area (Å²) in [6.45, 7) is 3.36. The molecule has 1 N–H and O–H groups in total. The third-order valence-corrected chi connectivity index (χ3v) is 3.49. The van der Waals surface area contributed by atoms with Gasteiger partial charge in [-0.1, -0.05) is 19.1 Å². The molecule has 1 unspecified atom stereocenters. The second-order valence-corrected chi connectivity index (χ2v) is 4.93. The van der Waals surface area contributed by atoms with Crippen LogP contribution in [0.4, 0.5) is 17.6 Å². The molecule has 0 aliphatic rings. The number of aliphatic hydroxyl groups excluding tert-OH is 1. The summed E-state index contributed by atoms with van der Waals surface area (Å²) < 4.78 is 61.1. The summed E-state index contributed by atoms with van der Waals surface area (Å²) in [6.07, 6.45) is -0.970. The molecule has 0 aliphatic carbocycles. The van der Waals surface area contributed by atoms with E-state index < -0.39 is 40.5 Å². The van der Waals surface area contributed by atoms with Crippen molar-refractivity contribution in [2.45, 2.75) is 26.4 Å². The Labute approximate surface area is 131 Å². The highest BCUT2D eigenvalue weighted by atomic mass is 19.2. The van der Waals surface area contributed by atoms with E-state index in [4.69, 9.17) is 4.74 Å². The normalized spacial score (nSPS) is 12.3. The molecule has 0 fully saturated rings. The molecule has 124 valence electrons. The highest BCUT2D eigenvalue weighted by Gasteiger charge is 2.22. The van der Waals surface area contributed by atoms with Gasteiger partial charge in [-0.05, 0) is 25.5 Å². The van der Waals surface area contributed by atoms with E-state index in [0.29, 0.717) is 0 Å². The van der Waals surface area contributed by atoms with Gasteiger partial charge in [-0.2, -0.15) is 4.39 Å². The molecule has 1 atom stereocenters. The third kappa shape index (κ3) is 3.17. The van der Waals surface area contributed by atoms with E-state index in [0.717, 1.165) is 24.3 Å². The van der Waals surface area contributed by atoms with E-state index in [9.17, 15) is 22.7 Å². The van der Waals surface area contributed by atoms with Crippen molar-refractivity contribution >= 4 is 0 Å². The molecule has 0 spiro atoms. The number of halogens is 4. The number of benzene rings is 2. The Morgan fingerprint density at radius 3 is 2.00 bits per heavy atom. The number of rotatable bonds is 5. The van der Waals surface area contributed by atoms with Gasteiger partial charge in [0, 0.05) is 16.7 Å². The van der Waals surface area contributed by atoms with Gasteiger partial charge < -0.3 is 9.84 Å². The molecule has 23 heavy (non-hydrogen) atoms. The number of aliphatic hydroxyl groups is 1. The molecule has 6 heteroatoms. The molecule has 0 aliphatic heterocycles. The minimum atomic E-state index is -1.34. The maximum absolute atomic E-state index is 14.2. The van der Waals surface area contributed by atoms with Crippen LogP contribution in [0.3, 0.4) is 0 Å². The fraction of sp³-hybridized carbons (Fsp3) is 0.294. The van der Waals surface area contributed by atoms with E-state index in [1.54, 1.807) is 13.8 Å². The van der Waals surface area contributed by atoms with Gasteiger partial charge in [0.25, 0.3) is 0 Å². The molecule has 0 radical (unpaired) electrons. The SMILES string of the molecule is CCOc1ccc(-c2ccc(C(O)CC)c(F)c2F)c(F)c1F. The lowest BCUT2D eigenvalue weighted by atomic mass is 9.98. The summed E-state index contributed by atoms with van der Waals surface area (Å²) in [5.41, 5.74) is -1.06. The summed E-state index contributed by atoms with van der Waals surface area (Å²) in [4.78, 5) is 0. The van der Waals surface area contributed by atoms with Crippen LogP contribution < -0.4 is 4.74 Å². The molecule has 0 aromatic heterocycles. The zero-order valence-electron chi connectivity index (χ0n) is 12.7. The fourth-order valence-corrected chi connectivity index (χ4v) is 2.26. The standard InChI is InChI=1S/C17H16F4O2/c1-3-12(22)11-6-5-9(14(18)16(11)20)10-7-8-13(23-4-2)17(21)15(10)19/h5-8,12,22H,3-4H2,1-2H3. The second kappa shape index (κ2) is 7.00. The first-order valence-corrected chi connectivity index (χ1v) is 7.19. The minimum absolute atomic E-state index is 0.141. The van der Waals surface area contributed by atoms with Crippen LogP contribution >= 0.6 is 0 Å². The predicted octanol–water partition coefficient (Wildman–Crippen LogP) is 4.75. The van der Waals surface area contributed by atoms with E-state index >= 15 is 0 Å². The highest BCUT2D eigenvalue weighted by molar-refractivity contribution is 5.66. The van der Waals surface area contributed by atoms with Crippen LogP contribution in [0.1, 0.15) is 31.9 Å². The Balaban J connectivity index is 2.55. The summed E-state index contributed by atoms with van der Waals surface area (Å²) in [7, 11) is 0. The number of hydrogen-bond acceptors (Lipinski definition) is 2. The van der Waals surface area contributed by atoms with E-state index in [1.807, 2.05) is 0 Å². The highest BCUT2D eigenvalue weighted by Crippen LogP contribution is 2.34. The molecule has 0 bridgehead atoms. The van der Waals surface area contributed by atoms with Crippen LogP contribution in [-0.4, -0.2) is 11.7 Å². The monoisotopic (exact) mass is 328 g/mol. The first kappa shape index (κ1) is 17.3. The van der Waals surface area contributed by atoms with Crippen LogP contribution in [0.5, 0.6) is 5.75 Å². The van der Waals surface area contributed by atoms with Crippen molar-refractivity contribution in [3.63, 3.8) is 0 Å². The smallest absolute Gasteiger partial charge is 0.201 e. The summed E-state index contributed by atoms with van der Waals surface area (Å²) in [5, 5.41) is 9.63. The van der Waals surface area contributed by atoms with E-state index in [2.05, 4.69) is 0 Å². The lowest BCUT2D eigenvalue weighted by molar-refractivity contribution is 0.167. The van der Waals surface area contributed by atoms with E-state index in [1.165, 1.54) is 0 Å². The van der Waals surface area contributed by atoms with Crippen LogP contribution in [0.2, 0.25) is 0 Å². The Kier molecular flexibility index (Phi) is 5.26. The predicted molar refractivity (Wildman–Crippen MR) is 78.1 cm³/mol. The lowest BCUT2D eigenvalue weighted by Gasteiger charge is -2.14. The molecule has 2 aromatic rings. The summed E-state index contributed by atoms with van der Waals surface area (Å²) >= 11 is 0. The molecule has 2 nitrogen and oxygen atoms in total. The maximum Gasteiger partial charge on any atom is 0.201 e. The van der Waals surface area contributed by atoms with Crippen molar-refractivity contribution in [2.75, 3.05) is 6.61 Å². The van der Waals surface area contributed by atoms with Crippen molar-refractivity contribution in [2.24, 2.45) is 0 Å². The average molecular weight is 328 g/mol. The Morgan fingerprint density at radius 2 is 1.43 bits per heavy atom. The number of ether oxygens (including phenoxy) is 1. The molecule has 0 amide bonds. The van der Waals surface area contributed by atoms with Crippen LogP contribution in [0, 0.1) is 23.3 Å². The van der Waals surface area contributed by atoms with Crippen molar-refractivity contribution in [3.05, 3.63) is 53.1 Å². The molecular formula is C17H16F4O2. The van der Waals surface area contributed by atoms with Crippen molar-refractivity contribution in [1.29, 1.82) is 0 Å². The van der Waals surface area contributed by atoms with Gasteiger partial charge >= 0.3 is 0 Å². The van der Waals surface area contributed by atoms with Gasteiger partial charge in [-0.15, -0.1) is 0 Å². The van der Waals surface area contributed by atoms with Gasteiger partial charge in [0.1, 0.15) is 0 Å². The summed E-state index contributed by atoms with van der Waals surface area (Å²) in [6, 6.07) is 4.56. The lowest BCUT2D eigenvalue weighted by Crippen LogP contribution is -2.04. The van der Waals surface area contributed by atoms with Gasteiger partial charge in [0.2, 0.25) is 5.82 Å².